The van der Waals surface area contributed by atoms with E-state index in [-0.39, 0.29) is 11.5 Å². The molecule has 2 aromatic rings. The summed E-state index contributed by atoms with van der Waals surface area (Å²) in [6, 6.07) is 12.8. The highest BCUT2D eigenvalue weighted by atomic mass is 32.2. The van der Waals surface area contributed by atoms with Crippen molar-refractivity contribution in [2.45, 2.75) is 17.9 Å². The molecule has 2 rings (SSSR count). The summed E-state index contributed by atoms with van der Waals surface area (Å²) in [6.07, 6.45) is -1.04. The van der Waals surface area contributed by atoms with Crippen LogP contribution in [0.4, 0.5) is 5.69 Å². The van der Waals surface area contributed by atoms with Gasteiger partial charge in [-0.1, -0.05) is 29.8 Å². The van der Waals surface area contributed by atoms with Crippen molar-refractivity contribution in [3.05, 3.63) is 59.7 Å². The first-order valence-electron chi connectivity index (χ1n) is 6.38. The Hall–Kier alpha value is -1.89. The molecule has 2 aromatic carbocycles. The maximum atomic E-state index is 12.0. The van der Waals surface area contributed by atoms with Gasteiger partial charge in [0.25, 0.3) is 10.1 Å². The van der Waals surface area contributed by atoms with Gasteiger partial charge in [0, 0.05) is 5.69 Å². The number of rotatable bonds is 5. The van der Waals surface area contributed by atoms with E-state index in [1.807, 2.05) is 6.92 Å². The van der Waals surface area contributed by atoms with Crippen LogP contribution < -0.4 is 5.73 Å². The van der Waals surface area contributed by atoms with Gasteiger partial charge in [-0.25, -0.2) is 0 Å². The minimum absolute atomic E-state index is 0.0672. The third-order valence-corrected chi connectivity index (χ3v) is 4.31. The van der Waals surface area contributed by atoms with Gasteiger partial charge < -0.3 is 10.8 Å². The van der Waals surface area contributed by atoms with E-state index in [0.717, 1.165) is 5.56 Å². The Kier molecular flexibility index (Phi) is 4.62. The third-order valence-electron chi connectivity index (χ3n) is 3.01. The molecule has 3 N–H and O–H groups in total. The normalized spacial score (nSPS) is 13.0. The fourth-order valence-corrected chi connectivity index (χ4v) is 2.65. The van der Waals surface area contributed by atoms with Gasteiger partial charge in [0.2, 0.25) is 0 Å². The summed E-state index contributed by atoms with van der Waals surface area (Å²) < 4.78 is 28.9. The topological polar surface area (TPSA) is 89.6 Å². The summed E-state index contributed by atoms with van der Waals surface area (Å²) in [6.45, 7) is 1.52. The van der Waals surface area contributed by atoms with Gasteiger partial charge >= 0.3 is 0 Å². The predicted molar refractivity (Wildman–Crippen MR) is 80.1 cm³/mol. The van der Waals surface area contributed by atoms with Gasteiger partial charge in [-0.15, -0.1) is 0 Å². The van der Waals surface area contributed by atoms with Crippen molar-refractivity contribution in [3.63, 3.8) is 0 Å². The van der Waals surface area contributed by atoms with E-state index in [0.29, 0.717) is 11.3 Å². The zero-order valence-corrected chi connectivity index (χ0v) is 12.4. The molecule has 21 heavy (non-hydrogen) atoms. The minimum atomic E-state index is -3.87. The molecule has 1 atom stereocenters. The van der Waals surface area contributed by atoms with E-state index in [1.54, 1.807) is 36.4 Å². The van der Waals surface area contributed by atoms with Crippen LogP contribution in [-0.4, -0.2) is 20.1 Å². The van der Waals surface area contributed by atoms with E-state index < -0.39 is 16.2 Å². The van der Waals surface area contributed by atoms with Crippen molar-refractivity contribution < 1.29 is 17.7 Å². The summed E-state index contributed by atoms with van der Waals surface area (Å²) in [7, 11) is -3.87. The number of aliphatic hydroxyl groups is 1. The van der Waals surface area contributed by atoms with Gasteiger partial charge in [0.1, 0.15) is 6.10 Å². The molecule has 0 aliphatic heterocycles. The zero-order valence-electron chi connectivity index (χ0n) is 11.6. The average molecular weight is 307 g/mol. The predicted octanol–water partition coefficient (Wildman–Crippen LogP) is 2.02. The lowest BCUT2D eigenvalue weighted by Crippen LogP contribution is -2.13. The lowest BCUT2D eigenvalue weighted by atomic mass is 10.1. The number of benzene rings is 2. The molecule has 0 radical (unpaired) electrons. The first-order valence-corrected chi connectivity index (χ1v) is 7.79. The number of aryl methyl sites for hydroxylation is 1. The van der Waals surface area contributed by atoms with Crippen molar-refractivity contribution in [2.24, 2.45) is 0 Å². The molecule has 0 aliphatic carbocycles. The van der Waals surface area contributed by atoms with Crippen molar-refractivity contribution in [1.82, 2.24) is 0 Å². The maximum absolute atomic E-state index is 12.0. The number of anilines is 1. The smallest absolute Gasteiger partial charge is 0.297 e. The number of aliphatic hydroxyl groups excluding tert-OH is 1. The van der Waals surface area contributed by atoms with Gasteiger partial charge in [-0.05, 0) is 36.8 Å². The second-order valence-electron chi connectivity index (χ2n) is 4.73. The summed E-state index contributed by atoms with van der Waals surface area (Å²) in [5.74, 6) is 0. The molecular weight excluding hydrogens is 290 g/mol. The van der Waals surface area contributed by atoms with Crippen LogP contribution in [-0.2, 0) is 14.3 Å². The Balaban J connectivity index is 2.04. The highest BCUT2D eigenvalue weighted by Crippen LogP contribution is 2.19. The van der Waals surface area contributed by atoms with Crippen LogP contribution in [0.25, 0.3) is 0 Å². The molecule has 0 spiro atoms. The van der Waals surface area contributed by atoms with Gasteiger partial charge in [0.05, 0.1) is 11.5 Å². The van der Waals surface area contributed by atoms with Gasteiger partial charge in [-0.3, -0.25) is 4.18 Å². The molecule has 5 nitrogen and oxygen atoms in total. The molecule has 0 saturated carbocycles. The summed E-state index contributed by atoms with van der Waals surface area (Å²) >= 11 is 0. The Bertz CT molecular complexity index is 693. The van der Waals surface area contributed by atoms with Gasteiger partial charge in [-0.2, -0.15) is 8.42 Å². The largest absolute Gasteiger partial charge is 0.399 e. The van der Waals surface area contributed by atoms with Gasteiger partial charge in [0.15, 0.2) is 0 Å². The fourth-order valence-electron chi connectivity index (χ4n) is 1.74. The van der Waals surface area contributed by atoms with Crippen molar-refractivity contribution in [2.75, 3.05) is 12.3 Å². The Morgan fingerprint density at radius 3 is 2.24 bits per heavy atom. The average Bonchev–Trinajstić information content (AvgIpc) is 2.46. The number of nitrogen functional groups attached to an aromatic ring is 1. The standard InChI is InChI=1S/C15H17NO4S/c1-11-2-8-14(9-3-11)21(18,19)20-10-15(17)12-4-6-13(16)7-5-12/h2-9,15,17H,10,16H2,1H3. The fraction of sp³-hybridized carbons (Fsp3) is 0.200. The van der Waals surface area contributed by atoms with Crippen LogP contribution in [0.2, 0.25) is 0 Å². The van der Waals surface area contributed by atoms with Crippen LogP contribution in [0.15, 0.2) is 53.4 Å². The Morgan fingerprint density at radius 2 is 1.67 bits per heavy atom. The van der Waals surface area contributed by atoms with Crippen LogP contribution in [0, 0.1) is 6.92 Å². The first-order chi connectivity index (χ1) is 9.88. The Morgan fingerprint density at radius 1 is 1.10 bits per heavy atom. The van der Waals surface area contributed by atoms with Crippen LogP contribution in [0.5, 0.6) is 0 Å². The van der Waals surface area contributed by atoms with E-state index in [1.165, 1.54) is 12.1 Å². The van der Waals surface area contributed by atoms with Crippen molar-refractivity contribution in [1.29, 1.82) is 0 Å². The number of hydrogen-bond donors (Lipinski definition) is 2. The molecule has 112 valence electrons. The molecule has 0 aromatic heterocycles. The quantitative estimate of drug-likeness (QED) is 0.651. The van der Waals surface area contributed by atoms with Crippen LogP contribution in [0.1, 0.15) is 17.2 Å². The molecule has 1 unspecified atom stereocenters. The lowest BCUT2D eigenvalue weighted by Gasteiger charge is -2.12. The monoisotopic (exact) mass is 307 g/mol. The molecule has 0 saturated heterocycles. The zero-order chi connectivity index (χ0) is 15.5. The minimum Gasteiger partial charge on any atom is -0.399 e. The second-order valence-corrected chi connectivity index (χ2v) is 6.35. The summed E-state index contributed by atoms with van der Waals surface area (Å²) in [4.78, 5) is 0.0672. The molecule has 0 fully saturated rings. The first kappa shape index (κ1) is 15.5. The van der Waals surface area contributed by atoms with Crippen molar-refractivity contribution in [3.8, 4) is 0 Å². The van der Waals surface area contributed by atoms with Crippen LogP contribution >= 0.6 is 0 Å². The highest BCUT2D eigenvalue weighted by molar-refractivity contribution is 7.86. The molecule has 0 heterocycles. The molecule has 0 bridgehead atoms. The van der Waals surface area contributed by atoms with E-state index in [2.05, 4.69) is 0 Å². The maximum Gasteiger partial charge on any atom is 0.297 e. The molecule has 0 amide bonds. The number of nitrogens with two attached hydrogens (primary N) is 1. The van der Waals surface area contributed by atoms with E-state index in [9.17, 15) is 13.5 Å². The molecule has 0 aliphatic rings. The summed E-state index contributed by atoms with van der Waals surface area (Å²) in [5.41, 5.74) is 7.62. The molecule has 6 heteroatoms. The van der Waals surface area contributed by atoms with Crippen molar-refractivity contribution >= 4 is 15.8 Å². The highest BCUT2D eigenvalue weighted by Gasteiger charge is 2.18. The SMILES string of the molecule is Cc1ccc(S(=O)(=O)OCC(O)c2ccc(N)cc2)cc1. The number of hydrogen-bond acceptors (Lipinski definition) is 5. The third kappa shape index (κ3) is 4.04. The Labute approximate surface area is 124 Å². The second kappa shape index (κ2) is 6.26. The van der Waals surface area contributed by atoms with E-state index >= 15 is 0 Å². The van der Waals surface area contributed by atoms with Crippen LogP contribution in [0.3, 0.4) is 0 Å². The van der Waals surface area contributed by atoms with E-state index in [4.69, 9.17) is 9.92 Å². The lowest BCUT2D eigenvalue weighted by molar-refractivity contribution is 0.111. The summed E-state index contributed by atoms with van der Waals surface area (Å²) in [5, 5.41) is 9.94. The molecular formula is C15H17NO4S.